The average Bonchev–Trinajstić information content (AvgIpc) is 2.35. The molecule has 0 aliphatic rings. The van der Waals surface area contributed by atoms with Gasteiger partial charge in [-0.3, -0.25) is 9.68 Å². The molecule has 0 amide bonds. The molecule has 0 aromatic heterocycles. The number of hydrazine groups is 1. The topological polar surface area (TPSA) is 24.9 Å². The second-order valence-electron chi connectivity index (χ2n) is 3.16. The maximum Gasteiger partial charge on any atom is 0.0657 e. The fourth-order valence-corrected chi connectivity index (χ4v) is 1.40. The quantitative estimate of drug-likeness (QED) is 0.659. The molecule has 0 atom stereocenters. The van der Waals surface area contributed by atoms with E-state index < -0.39 is 0 Å². The molecule has 16 heavy (non-hydrogen) atoms. The molecule has 4 nitrogen and oxygen atoms in total. The normalized spacial score (nSPS) is 10.4. The van der Waals surface area contributed by atoms with Crippen LogP contribution in [0.1, 0.15) is 5.56 Å². The van der Waals surface area contributed by atoms with Crippen LogP contribution in [0.3, 0.4) is 0 Å². The van der Waals surface area contributed by atoms with E-state index in [4.69, 9.17) is 9.68 Å². The molecule has 1 rings (SSSR count). The summed E-state index contributed by atoms with van der Waals surface area (Å²) in [5.74, 6) is 0. The molecular formula is C12H18N2O2. The molecule has 0 bridgehead atoms. The van der Waals surface area contributed by atoms with Crippen molar-refractivity contribution < 1.29 is 9.68 Å². The monoisotopic (exact) mass is 222 g/mol. The summed E-state index contributed by atoms with van der Waals surface area (Å²) in [6.45, 7) is 4.33. The molecule has 0 saturated carbocycles. The summed E-state index contributed by atoms with van der Waals surface area (Å²) in [6.07, 6.45) is 2.43. The van der Waals surface area contributed by atoms with Crippen LogP contribution in [0.25, 0.3) is 0 Å². The van der Waals surface area contributed by atoms with Crippen LogP contribution in [-0.2, 0) is 16.1 Å². The highest BCUT2D eigenvalue weighted by atomic mass is 16.8. The molecule has 0 radical (unpaired) electrons. The Kier molecular flexibility index (Phi) is 5.56. The Morgan fingerprint density at radius 2 is 1.88 bits per heavy atom. The van der Waals surface area contributed by atoms with Gasteiger partial charge in [-0.15, -0.1) is 0 Å². The summed E-state index contributed by atoms with van der Waals surface area (Å²) in [4.78, 5) is 10.2. The third-order valence-corrected chi connectivity index (χ3v) is 2.21. The van der Waals surface area contributed by atoms with Crippen LogP contribution in [0.5, 0.6) is 0 Å². The van der Waals surface area contributed by atoms with Crippen LogP contribution in [0.15, 0.2) is 43.1 Å². The lowest BCUT2D eigenvalue weighted by atomic mass is 10.2. The summed E-state index contributed by atoms with van der Waals surface area (Å²) in [7, 11) is 3.16. The summed E-state index contributed by atoms with van der Waals surface area (Å²) in [6, 6.07) is 10.2. The fourth-order valence-electron chi connectivity index (χ4n) is 1.40. The highest BCUT2D eigenvalue weighted by molar-refractivity contribution is 5.14. The predicted molar refractivity (Wildman–Crippen MR) is 62.9 cm³/mol. The van der Waals surface area contributed by atoms with Gasteiger partial charge in [0.1, 0.15) is 0 Å². The van der Waals surface area contributed by atoms with Gasteiger partial charge in [0, 0.05) is 6.20 Å². The van der Waals surface area contributed by atoms with E-state index >= 15 is 0 Å². The highest BCUT2D eigenvalue weighted by Crippen LogP contribution is 2.04. The molecule has 4 heteroatoms. The van der Waals surface area contributed by atoms with Crippen LogP contribution in [0.4, 0.5) is 0 Å². The van der Waals surface area contributed by atoms with Crippen molar-refractivity contribution in [2.75, 3.05) is 20.8 Å². The minimum atomic E-state index is 0.695. The van der Waals surface area contributed by atoms with Crippen molar-refractivity contribution >= 4 is 0 Å². The Morgan fingerprint density at radius 3 is 2.38 bits per heavy atom. The lowest BCUT2D eigenvalue weighted by Crippen LogP contribution is -2.38. The lowest BCUT2D eigenvalue weighted by molar-refractivity contribution is -0.364. The first-order chi connectivity index (χ1) is 7.81. The molecule has 88 valence electrons. The minimum absolute atomic E-state index is 0.695. The molecule has 0 fully saturated rings. The van der Waals surface area contributed by atoms with Crippen molar-refractivity contribution in [1.29, 1.82) is 0 Å². The average molecular weight is 222 g/mol. The fraction of sp³-hybridized carbons (Fsp3) is 0.333. The first-order valence-corrected chi connectivity index (χ1v) is 5.13. The molecule has 0 heterocycles. The van der Waals surface area contributed by atoms with Gasteiger partial charge in [0.05, 0.1) is 20.8 Å². The molecule has 0 aliphatic heterocycles. The van der Waals surface area contributed by atoms with Crippen LogP contribution in [0, 0.1) is 0 Å². The molecule has 1 aromatic carbocycles. The van der Waals surface area contributed by atoms with Gasteiger partial charge in [-0.2, -0.15) is 5.17 Å². The molecular weight excluding hydrogens is 204 g/mol. The van der Waals surface area contributed by atoms with E-state index in [1.807, 2.05) is 18.2 Å². The molecule has 0 unspecified atom stereocenters. The van der Waals surface area contributed by atoms with Gasteiger partial charge in [-0.1, -0.05) is 42.1 Å². The standard InChI is InChI=1S/C12H18N2O2/c1-4-13(15-2)14(16-3)11-10-12-8-6-5-7-9-12/h4-9H,1,10-11H2,2-3H3. The summed E-state index contributed by atoms with van der Waals surface area (Å²) in [5, 5.41) is 3.04. The summed E-state index contributed by atoms with van der Waals surface area (Å²) in [5.41, 5.74) is 1.25. The minimum Gasteiger partial charge on any atom is -0.281 e. The van der Waals surface area contributed by atoms with Gasteiger partial charge in [0.25, 0.3) is 0 Å². The van der Waals surface area contributed by atoms with Gasteiger partial charge < -0.3 is 0 Å². The highest BCUT2D eigenvalue weighted by Gasteiger charge is 2.09. The van der Waals surface area contributed by atoms with Crippen LogP contribution in [0.2, 0.25) is 0 Å². The zero-order chi connectivity index (χ0) is 11.8. The Morgan fingerprint density at radius 1 is 1.19 bits per heavy atom. The summed E-state index contributed by atoms with van der Waals surface area (Å²) >= 11 is 0. The third-order valence-electron chi connectivity index (χ3n) is 2.21. The second kappa shape index (κ2) is 7.00. The van der Waals surface area contributed by atoms with E-state index in [0.717, 1.165) is 6.42 Å². The Labute approximate surface area is 96.6 Å². The van der Waals surface area contributed by atoms with E-state index in [-0.39, 0.29) is 0 Å². The second-order valence-corrected chi connectivity index (χ2v) is 3.16. The van der Waals surface area contributed by atoms with Crippen molar-refractivity contribution in [3.8, 4) is 0 Å². The zero-order valence-corrected chi connectivity index (χ0v) is 9.80. The van der Waals surface area contributed by atoms with Crippen molar-refractivity contribution in [3.05, 3.63) is 48.7 Å². The molecule has 0 aliphatic carbocycles. The SMILES string of the molecule is C=CN(OC)N(CCc1ccccc1)OC. The van der Waals surface area contributed by atoms with Crippen molar-refractivity contribution in [3.63, 3.8) is 0 Å². The van der Waals surface area contributed by atoms with E-state index in [9.17, 15) is 0 Å². The van der Waals surface area contributed by atoms with Crippen LogP contribution < -0.4 is 0 Å². The molecule has 1 aromatic rings. The Balaban J connectivity index is 2.48. The van der Waals surface area contributed by atoms with Crippen LogP contribution in [-0.4, -0.2) is 31.1 Å². The molecule has 0 N–H and O–H groups in total. The van der Waals surface area contributed by atoms with Gasteiger partial charge in [-0.05, 0) is 12.0 Å². The number of hydrogen-bond acceptors (Lipinski definition) is 4. The van der Waals surface area contributed by atoms with Gasteiger partial charge in [0.15, 0.2) is 0 Å². The largest absolute Gasteiger partial charge is 0.281 e. The smallest absolute Gasteiger partial charge is 0.0657 e. The van der Waals surface area contributed by atoms with Gasteiger partial charge >= 0.3 is 0 Å². The Bertz CT molecular complexity index is 303. The van der Waals surface area contributed by atoms with Crippen molar-refractivity contribution in [2.24, 2.45) is 0 Å². The van der Waals surface area contributed by atoms with Crippen LogP contribution >= 0.6 is 0 Å². The van der Waals surface area contributed by atoms with E-state index in [0.29, 0.717) is 6.54 Å². The van der Waals surface area contributed by atoms with Gasteiger partial charge in [0.2, 0.25) is 0 Å². The maximum absolute atomic E-state index is 5.18. The number of hydroxylamine groups is 2. The predicted octanol–water partition coefficient (Wildman–Crippen LogP) is 2.01. The van der Waals surface area contributed by atoms with E-state index in [1.54, 1.807) is 25.6 Å². The zero-order valence-electron chi connectivity index (χ0n) is 9.80. The number of benzene rings is 1. The lowest BCUT2D eigenvalue weighted by Gasteiger charge is -2.28. The summed E-state index contributed by atoms with van der Waals surface area (Å²) < 4.78 is 0. The van der Waals surface area contributed by atoms with Crippen molar-refractivity contribution in [1.82, 2.24) is 10.3 Å². The molecule has 0 saturated heterocycles. The van der Waals surface area contributed by atoms with Crippen molar-refractivity contribution in [2.45, 2.75) is 6.42 Å². The first kappa shape index (κ1) is 12.7. The van der Waals surface area contributed by atoms with E-state index in [2.05, 4.69) is 18.7 Å². The number of nitrogens with zero attached hydrogens (tertiary/aromatic N) is 2. The van der Waals surface area contributed by atoms with E-state index in [1.165, 1.54) is 10.7 Å². The first-order valence-electron chi connectivity index (χ1n) is 5.13. The Hall–Kier alpha value is -1.36. The third kappa shape index (κ3) is 3.66. The van der Waals surface area contributed by atoms with Gasteiger partial charge in [-0.25, -0.2) is 0 Å². The molecule has 0 spiro atoms. The number of rotatable bonds is 7. The number of hydrogen-bond donors (Lipinski definition) is 0. The maximum atomic E-state index is 5.18.